The molecule has 4 rings (SSSR count). The second kappa shape index (κ2) is 11.5. The van der Waals surface area contributed by atoms with E-state index in [0.717, 1.165) is 29.8 Å². The zero-order valence-electron chi connectivity index (χ0n) is 18.0. The maximum atomic E-state index is 12.0. The molecular formula is C23H32IN5O2. The Morgan fingerprint density at radius 3 is 2.61 bits per heavy atom. The predicted molar refractivity (Wildman–Crippen MR) is 134 cm³/mol. The first-order valence-electron chi connectivity index (χ1n) is 10.9. The molecule has 1 unspecified atom stereocenters. The molecule has 2 aromatic rings. The van der Waals surface area contributed by atoms with E-state index < -0.39 is 0 Å². The van der Waals surface area contributed by atoms with Gasteiger partial charge in [-0.2, -0.15) is 0 Å². The van der Waals surface area contributed by atoms with Crippen LogP contribution in [0.25, 0.3) is 0 Å². The number of likely N-dealkylation sites (tertiary alicyclic amines) is 1. The lowest BCUT2D eigenvalue weighted by Crippen LogP contribution is -2.45. The maximum Gasteiger partial charge on any atom is 0.291 e. The summed E-state index contributed by atoms with van der Waals surface area (Å²) in [6.07, 6.45) is 8.14. The predicted octanol–water partition coefficient (Wildman–Crippen LogP) is 3.83. The van der Waals surface area contributed by atoms with Crippen LogP contribution in [0, 0.1) is 0 Å². The Kier molecular flexibility index (Phi) is 8.77. The standard InChI is InChI=1S/C23H31N5O2.HI/c1-24-23(27-19-12-13-28(16-19)20-5-2-3-6-20)25-15-17-8-10-18(11-9-17)26-22(29)21-7-4-14-30-21;/h4,7-11,14,19-20H,2-3,5-6,12-13,15-16H2,1H3,(H,26,29)(H2,24,25,27);1H. The number of furan rings is 1. The van der Waals surface area contributed by atoms with E-state index in [2.05, 4.69) is 25.8 Å². The second-order valence-electron chi connectivity index (χ2n) is 8.12. The van der Waals surface area contributed by atoms with Crippen LogP contribution in [0.5, 0.6) is 0 Å². The quantitative estimate of drug-likeness (QED) is 0.297. The molecule has 1 aromatic carbocycles. The van der Waals surface area contributed by atoms with Crippen molar-refractivity contribution in [1.82, 2.24) is 15.5 Å². The summed E-state index contributed by atoms with van der Waals surface area (Å²) in [5, 5.41) is 9.80. The highest BCUT2D eigenvalue weighted by atomic mass is 127. The van der Waals surface area contributed by atoms with E-state index in [9.17, 15) is 4.79 Å². The van der Waals surface area contributed by atoms with Crippen LogP contribution in [0.4, 0.5) is 5.69 Å². The second-order valence-corrected chi connectivity index (χ2v) is 8.12. The first-order valence-corrected chi connectivity index (χ1v) is 10.9. The zero-order chi connectivity index (χ0) is 20.8. The third-order valence-electron chi connectivity index (χ3n) is 6.04. The average Bonchev–Trinajstić information content (AvgIpc) is 3.54. The van der Waals surface area contributed by atoms with Gasteiger partial charge in [0.25, 0.3) is 5.91 Å². The molecule has 1 amide bonds. The van der Waals surface area contributed by atoms with Gasteiger partial charge >= 0.3 is 0 Å². The molecule has 1 aliphatic carbocycles. The van der Waals surface area contributed by atoms with Crippen molar-refractivity contribution in [1.29, 1.82) is 0 Å². The lowest BCUT2D eigenvalue weighted by Gasteiger charge is -2.24. The molecular weight excluding hydrogens is 505 g/mol. The zero-order valence-corrected chi connectivity index (χ0v) is 20.3. The number of anilines is 1. The van der Waals surface area contributed by atoms with Crippen LogP contribution in [0.1, 0.15) is 48.2 Å². The van der Waals surface area contributed by atoms with Gasteiger partial charge in [0, 0.05) is 44.5 Å². The molecule has 2 fully saturated rings. The van der Waals surface area contributed by atoms with Crippen molar-refractivity contribution >= 4 is 41.5 Å². The minimum absolute atomic E-state index is 0. The summed E-state index contributed by atoms with van der Waals surface area (Å²) in [5.74, 6) is 0.885. The van der Waals surface area contributed by atoms with Gasteiger partial charge in [-0.25, -0.2) is 0 Å². The summed E-state index contributed by atoms with van der Waals surface area (Å²) in [5.41, 5.74) is 1.86. The van der Waals surface area contributed by atoms with E-state index in [1.807, 2.05) is 31.3 Å². The molecule has 2 heterocycles. The molecule has 3 N–H and O–H groups in total. The van der Waals surface area contributed by atoms with Crippen LogP contribution in [0.2, 0.25) is 0 Å². The largest absolute Gasteiger partial charge is 0.459 e. The van der Waals surface area contributed by atoms with Gasteiger partial charge in [0.05, 0.1) is 6.26 Å². The number of hydrogen-bond donors (Lipinski definition) is 3. The number of rotatable bonds is 6. The topological polar surface area (TPSA) is 81.9 Å². The van der Waals surface area contributed by atoms with E-state index in [4.69, 9.17) is 4.42 Å². The first-order chi connectivity index (χ1) is 14.7. The van der Waals surface area contributed by atoms with E-state index in [0.29, 0.717) is 18.3 Å². The molecule has 0 radical (unpaired) electrons. The van der Waals surface area contributed by atoms with Crippen molar-refractivity contribution < 1.29 is 9.21 Å². The van der Waals surface area contributed by atoms with Crippen molar-refractivity contribution in [2.75, 3.05) is 25.5 Å². The van der Waals surface area contributed by atoms with Crippen LogP contribution in [-0.4, -0.2) is 49.0 Å². The van der Waals surface area contributed by atoms with Crippen LogP contribution >= 0.6 is 24.0 Å². The fourth-order valence-electron chi connectivity index (χ4n) is 4.39. The van der Waals surface area contributed by atoms with E-state index >= 15 is 0 Å². The molecule has 168 valence electrons. The number of guanidine groups is 1. The number of halogens is 1. The van der Waals surface area contributed by atoms with E-state index in [-0.39, 0.29) is 29.9 Å². The molecule has 2 aliphatic rings. The Balaban J connectivity index is 0.00000272. The summed E-state index contributed by atoms with van der Waals surface area (Å²) in [6.45, 7) is 2.96. The van der Waals surface area contributed by atoms with Gasteiger partial charge < -0.3 is 20.4 Å². The van der Waals surface area contributed by atoms with Crippen molar-refractivity contribution in [2.45, 2.75) is 50.7 Å². The van der Waals surface area contributed by atoms with Gasteiger partial charge in [-0.15, -0.1) is 24.0 Å². The minimum atomic E-state index is -0.251. The van der Waals surface area contributed by atoms with Crippen LogP contribution < -0.4 is 16.0 Å². The molecule has 0 spiro atoms. The Morgan fingerprint density at radius 1 is 1.16 bits per heavy atom. The highest BCUT2D eigenvalue weighted by Crippen LogP contribution is 2.26. The summed E-state index contributed by atoms with van der Waals surface area (Å²) < 4.78 is 5.11. The summed E-state index contributed by atoms with van der Waals surface area (Å²) in [6, 6.07) is 12.4. The highest BCUT2D eigenvalue weighted by Gasteiger charge is 2.30. The number of carbonyl (C=O) groups is 1. The van der Waals surface area contributed by atoms with Crippen LogP contribution in [0.15, 0.2) is 52.1 Å². The fourth-order valence-corrected chi connectivity index (χ4v) is 4.39. The SMILES string of the molecule is CN=C(NCc1ccc(NC(=O)c2ccco2)cc1)NC1CCN(C2CCCC2)C1.I. The summed E-state index contributed by atoms with van der Waals surface area (Å²) in [7, 11) is 1.81. The smallest absolute Gasteiger partial charge is 0.291 e. The molecule has 1 saturated carbocycles. The van der Waals surface area contributed by atoms with Gasteiger partial charge in [-0.05, 0) is 49.1 Å². The number of nitrogens with zero attached hydrogens (tertiary/aromatic N) is 2. The minimum Gasteiger partial charge on any atom is -0.459 e. The van der Waals surface area contributed by atoms with E-state index in [1.54, 1.807) is 12.1 Å². The van der Waals surface area contributed by atoms with Gasteiger partial charge in [-0.3, -0.25) is 14.7 Å². The molecule has 1 aromatic heterocycles. The van der Waals surface area contributed by atoms with Gasteiger partial charge in [-0.1, -0.05) is 25.0 Å². The molecule has 0 bridgehead atoms. The van der Waals surface area contributed by atoms with Crippen molar-refractivity contribution in [3.63, 3.8) is 0 Å². The number of carbonyl (C=O) groups excluding carboxylic acids is 1. The Morgan fingerprint density at radius 2 is 1.94 bits per heavy atom. The summed E-state index contributed by atoms with van der Waals surface area (Å²) in [4.78, 5) is 19.1. The average molecular weight is 537 g/mol. The van der Waals surface area contributed by atoms with Crippen LogP contribution in [-0.2, 0) is 6.54 Å². The Bertz CT molecular complexity index is 847. The van der Waals surface area contributed by atoms with Crippen LogP contribution in [0.3, 0.4) is 0 Å². The first kappa shape index (κ1) is 23.6. The molecule has 31 heavy (non-hydrogen) atoms. The molecule has 8 heteroatoms. The molecule has 1 aliphatic heterocycles. The van der Waals surface area contributed by atoms with Gasteiger partial charge in [0.2, 0.25) is 0 Å². The van der Waals surface area contributed by atoms with Crippen molar-refractivity contribution in [2.24, 2.45) is 4.99 Å². The fraction of sp³-hybridized carbons (Fsp3) is 0.478. The molecule has 7 nitrogen and oxygen atoms in total. The molecule has 1 saturated heterocycles. The number of nitrogens with one attached hydrogen (secondary N) is 3. The normalized spacial score (nSPS) is 19.8. The number of benzene rings is 1. The van der Waals surface area contributed by atoms with Gasteiger partial charge in [0.1, 0.15) is 0 Å². The Labute approximate surface area is 201 Å². The summed E-state index contributed by atoms with van der Waals surface area (Å²) >= 11 is 0. The third kappa shape index (κ3) is 6.46. The van der Waals surface area contributed by atoms with E-state index in [1.165, 1.54) is 44.9 Å². The highest BCUT2D eigenvalue weighted by molar-refractivity contribution is 14.0. The molecule has 1 atom stereocenters. The number of hydrogen-bond acceptors (Lipinski definition) is 4. The lowest BCUT2D eigenvalue weighted by molar-refractivity contribution is 0.0996. The van der Waals surface area contributed by atoms with Crippen molar-refractivity contribution in [3.8, 4) is 0 Å². The number of amides is 1. The maximum absolute atomic E-state index is 12.0. The lowest BCUT2D eigenvalue weighted by atomic mass is 10.2. The van der Waals surface area contributed by atoms with Crippen molar-refractivity contribution in [3.05, 3.63) is 54.0 Å². The third-order valence-corrected chi connectivity index (χ3v) is 6.04. The number of aliphatic imine (C=N–C) groups is 1. The Hall–Kier alpha value is -2.07. The van der Waals surface area contributed by atoms with Gasteiger partial charge in [0.15, 0.2) is 11.7 Å². The monoisotopic (exact) mass is 537 g/mol.